The molecule has 1 aromatic heterocycles. The molecule has 0 aliphatic carbocycles. The average Bonchev–Trinajstić information content (AvgIpc) is 2.63. The lowest BCUT2D eigenvalue weighted by Crippen LogP contribution is -2.46. The Bertz CT molecular complexity index is 427. The molecule has 5 nitrogen and oxygen atoms in total. The Balaban J connectivity index is 2.73. The summed E-state index contributed by atoms with van der Waals surface area (Å²) in [4.78, 5) is 11.8. The molecule has 0 radical (unpaired) electrons. The van der Waals surface area contributed by atoms with Crippen LogP contribution in [0.5, 0.6) is 0 Å². The van der Waals surface area contributed by atoms with Crippen molar-refractivity contribution in [1.29, 1.82) is 0 Å². The van der Waals surface area contributed by atoms with Gasteiger partial charge in [-0.25, -0.2) is 0 Å². The molecule has 0 fully saturated rings. The summed E-state index contributed by atoms with van der Waals surface area (Å²) in [7, 11) is 1.76. The maximum atomic E-state index is 11.8. The van der Waals surface area contributed by atoms with Crippen LogP contribution in [-0.2, 0) is 11.8 Å². The maximum absolute atomic E-state index is 11.8. The third-order valence-corrected chi connectivity index (χ3v) is 2.16. The Labute approximate surface area is 95.0 Å². The Morgan fingerprint density at radius 1 is 1.75 bits per heavy atom. The number of aryl methyl sites for hydroxylation is 1. The van der Waals surface area contributed by atoms with Gasteiger partial charge in [0, 0.05) is 18.8 Å². The number of carbonyl (C=O) groups excluding carboxylic acids is 1. The number of amides is 1. The van der Waals surface area contributed by atoms with Gasteiger partial charge in [-0.15, -0.1) is 6.42 Å². The maximum Gasteiger partial charge on any atom is 0.242 e. The van der Waals surface area contributed by atoms with Crippen molar-refractivity contribution < 1.29 is 4.79 Å². The average molecular weight is 220 g/mol. The molecule has 3 N–H and O–H groups in total. The zero-order valence-corrected chi connectivity index (χ0v) is 9.69. The fourth-order valence-corrected chi connectivity index (χ4v) is 1.17. The second-order valence-corrected chi connectivity index (χ2v) is 4.18. The van der Waals surface area contributed by atoms with E-state index >= 15 is 0 Å². The standard InChI is InChI=1S/C11H16N4O/c1-5-11(2,3)14-10(16)9(12)8-6-13-15(4)7-8/h1,6-7,9H,12H2,2-4H3,(H,14,16). The van der Waals surface area contributed by atoms with Gasteiger partial charge in [-0.1, -0.05) is 5.92 Å². The lowest BCUT2D eigenvalue weighted by Gasteiger charge is -2.21. The van der Waals surface area contributed by atoms with Crippen molar-refractivity contribution in [3.63, 3.8) is 0 Å². The Morgan fingerprint density at radius 3 is 2.81 bits per heavy atom. The highest BCUT2D eigenvalue weighted by Crippen LogP contribution is 2.10. The molecule has 0 bridgehead atoms. The summed E-state index contributed by atoms with van der Waals surface area (Å²) in [5, 5.41) is 6.63. The summed E-state index contributed by atoms with van der Waals surface area (Å²) in [6, 6.07) is -0.749. The Kier molecular flexibility index (Phi) is 3.35. The molecule has 0 aromatic carbocycles. The van der Waals surface area contributed by atoms with E-state index in [-0.39, 0.29) is 5.91 Å². The number of rotatable bonds is 3. The first-order chi connectivity index (χ1) is 7.35. The fourth-order valence-electron chi connectivity index (χ4n) is 1.17. The Morgan fingerprint density at radius 2 is 2.38 bits per heavy atom. The second kappa shape index (κ2) is 4.37. The molecule has 5 heteroatoms. The van der Waals surface area contributed by atoms with Crippen molar-refractivity contribution in [2.45, 2.75) is 25.4 Å². The van der Waals surface area contributed by atoms with Gasteiger partial charge in [-0.05, 0) is 13.8 Å². The first-order valence-corrected chi connectivity index (χ1v) is 4.89. The summed E-state index contributed by atoms with van der Waals surface area (Å²) in [5.41, 5.74) is 5.74. The normalized spacial score (nSPS) is 12.9. The van der Waals surface area contributed by atoms with Crippen molar-refractivity contribution >= 4 is 5.91 Å². The second-order valence-electron chi connectivity index (χ2n) is 4.18. The number of nitrogens with zero attached hydrogens (tertiary/aromatic N) is 2. The van der Waals surface area contributed by atoms with Gasteiger partial charge < -0.3 is 11.1 Å². The number of nitrogens with two attached hydrogens (primary N) is 1. The predicted octanol–water partition coefficient (Wildman–Crippen LogP) is -0.0521. The van der Waals surface area contributed by atoms with Crippen molar-refractivity contribution in [2.24, 2.45) is 12.8 Å². The van der Waals surface area contributed by atoms with Crippen LogP contribution in [0.1, 0.15) is 25.5 Å². The number of aromatic nitrogens is 2. The zero-order chi connectivity index (χ0) is 12.3. The number of nitrogens with one attached hydrogen (secondary N) is 1. The smallest absolute Gasteiger partial charge is 0.242 e. The van der Waals surface area contributed by atoms with Crippen LogP contribution in [-0.4, -0.2) is 21.2 Å². The van der Waals surface area contributed by atoms with Crippen LogP contribution >= 0.6 is 0 Å². The molecule has 86 valence electrons. The van der Waals surface area contributed by atoms with Gasteiger partial charge in [0.15, 0.2) is 0 Å². The van der Waals surface area contributed by atoms with Crippen LogP contribution < -0.4 is 11.1 Å². The zero-order valence-electron chi connectivity index (χ0n) is 9.69. The molecule has 1 rings (SSSR count). The van der Waals surface area contributed by atoms with Crippen LogP contribution in [0.2, 0.25) is 0 Å². The minimum Gasteiger partial charge on any atom is -0.339 e. The molecule has 1 heterocycles. The van der Waals surface area contributed by atoms with E-state index < -0.39 is 11.6 Å². The number of terminal acetylenes is 1. The van der Waals surface area contributed by atoms with Gasteiger partial charge in [-0.3, -0.25) is 9.48 Å². The molecule has 0 saturated heterocycles. The van der Waals surface area contributed by atoms with E-state index in [0.717, 1.165) is 0 Å². The largest absolute Gasteiger partial charge is 0.339 e. The molecule has 0 saturated carbocycles. The molecular weight excluding hydrogens is 204 g/mol. The topological polar surface area (TPSA) is 72.9 Å². The van der Waals surface area contributed by atoms with Gasteiger partial charge in [0.05, 0.1) is 11.7 Å². The van der Waals surface area contributed by atoms with E-state index in [4.69, 9.17) is 12.2 Å². The van der Waals surface area contributed by atoms with Crippen molar-refractivity contribution in [3.05, 3.63) is 18.0 Å². The highest BCUT2D eigenvalue weighted by atomic mass is 16.2. The lowest BCUT2D eigenvalue weighted by atomic mass is 10.1. The first-order valence-electron chi connectivity index (χ1n) is 4.89. The van der Waals surface area contributed by atoms with Crippen LogP contribution in [0.15, 0.2) is 12.4 Å². The van der Waals surface area contributed by atoms with E-state index in [1.54, 1.807) is 38.0 Å². The van der Waals surface area contributed by atoms with Gasteiger partial charge in [-0.2, -0.15) is 5.10 Å². The molecule has 16 heavy (non-hydrogen) atoms. The summed E-state index contributed by atoms with van der Waals surface area (Å²) in [5.74, 6) is 2.17. The minimum absolute atomic E-state index is 0.309. The van der Waals surface area contributed by atoms with Crippen molar-refractivity contribution in [1.82, 2.24) is 15.1 Å². The summed E-state index contributed by atoms with van der Waals surface area (Å²) >= 11 is 0. The number of carbonyl (C=O) groups is 1. The predicted molar refractivity (Wildman–Crippen MR) is 61.2 cm³/mol. The van der Waals surface area contributed by atoms with Crippen LogP contribution in [0.25, 0.3) is 0 Å². The summed E-state index contributed by atoms with van der Waals surface area (Å²) in [6.07, 6.45) is 8.54. The van der Waals surface area contributed by atoms with Crippen molar-refractivity contribution in [3.8, 4) is 12.3 Å². The molecule has 1 unspecified atom stereocenters. The highest BCUT2D eigenvalue weighted by Gasteiger charge is 2.23. The number of hydrogen-bond donors (Lipinski definition) is 2. The summed E-state index contributed by atoms with van der Waals surface area (Å²) in [6.45, 7) is 3.47. The number of hydrogen-bond acceptors (Lipinski definition) is 3. The van der Waals surface area contributed by atoms with Gasteiger partial charge >= 0.3 is 0 Å². The van der Waals surface area contributed by atoms with Gasteiger partial charge in [0.2, 0.25) is 5.91 Å². The molecule has 1 amide bonds. The molecule has 0 aliphatic rings. The van der Waals surface area contributed by atoms with E-state index in [2.05, 4.69) is 16.3 Å². The van der Waals surface area contributed by atoms with Crippen molar-refractivity contribution in [2.75, 3.05) is 0 Å². The molecule has 1 atom stereocenters. The Hall–Kier alpha value is -1.80. The first kappa shape index (κ1) is 12.3. The molecule has 1 aromatic rings. The molecular formula is C11H16N4O. The monoisotopic (exact) mass is 220 g/mol. The van der Waals surface area contributed by atoms with Crippen LogP contribution in [0.3, 0.4) is 0 Å². The highest BCUT2D eigenvalue weighted by molar-refractivity contribution is 5.83. The third kappa shape index (κ3) is 2.84. The van der Waals surface area contributed by atoms with Gasteiger partial charge in [0.1, 0.15) is 6.04 Å². The molecule has 0 aliphatic heterocycles. The minimum atomic E-state index is -0.749. The lowest BCUT2D eigenvalue weighted by molar-refractivity contribution is -0.123. The SMILES string of the molecule is C#CC(C)(C)NC(=O)C(N)c1cnn(C)c1. The third-order valence-electron chi connectivity index (χ3n) is 2.16. The van der Waals surface area contributed by atoms with Crippen LogP contribution in [0, 0.1) is 12.3 Å². The summed E-state index contributed by atoms with van der Waals surface area (Å²) < 4.78 is 1.59. The van der Waals surface area contributed by atoms with E-state index in [0.29, 0.717) is 5.56 Å². The van der Waals surface area contributed by atoms with E-state index in [1.807, 2.05) is 0 Å². The molecule has 0 spiro atoms. The van der Waals surface area contributed by atoms with E-state index in [1.165, 1.54) is 0 Å². The quantitative estimate of drug-likeness (QED) is 0.701. The van der Waals surface area contributed by atoms with Crippen LogP contribution in [0.4, 0.5) is 0 Å². The van der Waals surface area contributed by atoms with E-state index in [9.17, 15) is 4.79 Å². The fraction of sp³-hybridized carbons (Fsp3) is 0.455. The van der Waals surface area contributed by atoms with Gasteiger partial charge in [0.25, 0.3) is 0 Å².